The fourth-order valence-electron chi connectivity index (χ4n) is 2.08. The molecule has 0 saturated carbocycles. The molecule has 0 aliphatic carbocycles. The lowest BCUT2D eigenvalue weighted by atomic mass is 10.1. The van der Waals surface area contributed by atoms with Crippen LogP contribution in [0.5, 0.6) is 11.5 Å². The molecule has 0 aliphatic heterocycles. The molecule has 2 aromatic rings. The number of methoxy groups -OCH3 is 2. The van der Waals surface area contributed by atoms with Gasteiger partial charge < -0.3 is 14.8 Å². The number of hydrogen-bond donors (Lipinski definition) is 1. The Bertz CT molecular complexity index is 638. The van der Waals surface area contributed by atoms with E-state index in [-0.39, 0.29) is 12.3 Å². The first kappa shape index (κ1) is 14.9. The van der Waals surface area contributed by atoms with Crippen molar-refractivity contribution in [1.29, 1.82) is 0 Å². The maximum atomic E-state index is 12.2. The number of benzene rings is 2. The molecule has 0 heterocycles. The van der Waals surface area contributed by atoms with E-state index in [0.717, 1.165) is 16.9 Å². The van der Waals surface area contributed by atoms with Gasteiger partial charge in [-0.1, -0.05) is 18.2 Å². The number of rotatable bonds is 5. The van der Waals surface area contributed by atoms with Gasteiger partial charge in [0.15, 0.2) is 0 Å². The van der Waals surface area contributed by atoms with Crippen LogP contribution in [-0.4, -0.2) is 20.1 Å². The molecular weight excluding hydrogens is 266 g/mol. The summed E-state index contributed by atoms with van der Waals surface area (Å²) in [5.74, 6) is 1.31. The Kier molecular flexibility index (Phi) is 4.82. The van der Waals surface area contributed by atoms with Crippen molar-refractivity contribution in [2.75, 3.05) is 19.5 Å². The van der Waals surface area contributed by atoms with Crippen molar-refractivity contribution in [3.05, 3.63) is 53.6 Å². The van der Waals surface area contributed by atoms with Crippen molar-refractivity contribution >= 4 is 11.6 Å². The van der Waals surface area contributed by atoms with Gasteiger partial charge in [0.2, 0.25) is 5.91 Å². The molecule has 0 unspecified atom stereocenters. The van der Waals surface area contributed by atoms with Crippen LogP contribution in [0.2, 0.25) is 0 Å². The van der Waals surface area contributed by atoms with E-state index in [1.165, 1.54) is 0 Å². The minimum Gasteiger partial charge on any atom is -0.497 e. The summed E-state index contributed by atoms with van der Waals surface area (Å²) in [5, 5.41) is 2.88. The second kappa shape index (κ2) is 6.79. The molecule has 2 aromatic carbocycles. The predicted molar refractivity (Wildman–Crippen MR) is 83.1 cm³/mol. The van der Waals surface area contributed by atoms with Crippen LogP contribution in [0.4, 0.5) is 5.69 Å². The molecule has 0 aromatic heterocycles. The van der Waals surface area contributed by atoms with E-state index in [9.17, 15) is 4.79 Å². The first-order valence-corrected chi connectivity index (χ1v) is 6.70. The van der Waals surface area contributed by atoms with Crippen molar-refractivity contribution < 1.29 is 14.3 Å². The van der Waals surface area contributed by atoms with Gasteiger partial charge in [0, 0.05) is 0 Å². The predicted octanol–water partition coefficient (Wildman–Crippen LogP) is 3.19. The zero-order valence-corrected chi connectivity index (χ0v) is 12.5. The molecule has 0 atom stereocenters. The molecule has 4 nitrogen and oxygen atoms in total. The maximum absolute atomic E-state index is 12.2. The van der Waals surface area contributed by atoms with Gasteiger partial charge in [-0.2, -0.15) is 0 Å². The minimum absolute atomic E-state index is 0.0906. The summed E-state index contributed by atoms with van der Waals surface area (Å²) >= 11 is 0. The molecule has 1 amide bonds. The van der Waals surface area contributed by atoms with Gasteiger partial charge in [-0.3, -0.25) is 4.79 Å². The van der Waals surface area contributed by atoms with Crippen LogP contribution in [-0.2, 0) is 11.2 Å². The third-order valence-electron chi connectivity index (χ3n) is 3.13. The lowest BCUT2D eigenvalue weighted by Crippen LogP contribution is -2.15. The molecule has 0 fully saturated rings. The third-order valence-corrected chi connectivity index (χ3v) is 3.13. The molecule has 0 aliphatic rings. The fourth-order valence-corrected chi connectivity index (χ4v) is 2.08. The highest BCUT2D eigenvalue weighted by Gasteiger charge is 2.09. The topological polar surface area (TPSA) is 47.6 Å². The summed E-state index contributed by atoms with van der Waals surface area (Å²) in [4.78, 5) is 12.2. The Labute approximate surface area is 124 Å². The van der Waals surface area contributed by atoms with E-state index in [2.05, 4.69) is 5.32 Å². The van der Waals surface area contributed by atoms with Crippen LogP contribution >= 0.6 is 0 Å². The highest BCUT2D eigenvalue weighted by Crippen LogP contribution is 2.25. The third kappa shape index (κ3) is 3.99. The van der Waals surface area contributed by atoms with Gasteiger partial charge in [-0.05, 0) is 42.3 Å². The number of amides is 1. The van der Waals surface area contributed by atoms with Crippen LogP contribution in [0.3, 0.4) is 0 Å². The van der Waals surface area contributed by atoms with Gasteiger partial charge in [0.1, 0.15) is 11.5 Å². The van der Waals surface area contributed by atoms with Gasteiger partial charge in [-0.15, -0.1) is 0 Å². The maximum Gasteiger partial charge on any atom is 0.228 e. The molecule has 4 heteroatoms. The van der Waals surface area contributed by atoms with Gasteiger partial charge >= 0.3 is 0 Å². The summed E-state index contributed by atoms with van der Waals surface area (Å²) in [6.45, 7) is 1.97. The number of carbonyl (C=O) groups excluding carboxylic acids is 1. The summed E-state index contributed by atoms with van der Waals surface area (Å²) in [6.07, 6.45) is 0.286. The Morgan fingerprint density at radius 3 is 2.62 bits per heavy atom. The van der Waals surface area contributed by atoms with Crippen molar-refractivity contribution in [3.8, 4) is 11.5 Å². The zero-order valence-electron chi connectivity index (χ0n) is 12.5. The number of carbonyl (C=O) groups is 1. The van der Waals surface area contributed by atoms with E-state index >= 15 is 0 Å². The second-order valence-corrected chi connectivity index (χ2v) is 4.78. The van der Waals surface area contributed by atoms with Crippen LogP contribution < -0.4 is 14.8 Å². The average molecular weight is 285 g/mol. The molecule has 110 valence electrons. The van der Waals surface area contributed by atoms with Crippen molar-refractivity contribution in [2.45, 2.75) is 13.3 Å². The second-order valence-electron chi connectivity index (χ2n) is 4.78. The van der Waals surface area contributed by atoms with E-state index in [1.54, 1.807) is 14.2 Å². The Morgan fingerprint density at radius 2 is 1.90 bits per heavy atom. The first-order valence-electron chi connectivity index (χ1n) is 6.70. The zero-order chi connectivity index (χ0) is 15.2. The highest BCUT2D eigenvalue weighted by molar-refractivity contribution is 5.93. The average Bonchev–Trinajstić information content (AvgIpc) is 2.47. The minimum atomic E-state index is -0.0906. The highest BCUT2D eigenvalue weighted by atomic mass is 16.5. The largest absolute Gasteiger partial charge is 0.497 e. The van der Waals surface area contributed by atoms with Crippen LogP contribution in [0, 0.1) is 6.92 Å². The number of aryl methyl sites for hydroxylation is 1. The van der Waals surface area contributed by atoms with Gasteiger partial charge in [0.25, 0.3) is 0 Å². The number of nitrogens with one attached hydrogen (secondary N) is 1. The van der Waals surface area contributed by atoms with E-state index in [0.29, 0.717) is 11.4 Å². The van der Waals surface area contributed by atoms with E-state index < -0.39 is 0 Å². The monoisotopic (exact) mass is 285 g/mol. The summed E-state index contributed by atoms with van der Waals surface area (Å²) in [7, 11) is 3.19. The van der Waals surface area contributed by atoms with Crippen LogP contribution in [0.25, 0.3) is 0 Å². The van der Waals surface area contributed by atoms with Crippen molar-refractivity contribution in [2.24, 2.45) is 0 Å². The molecule has 0 spiro atoms. The Hall–Kier alpha value is -2.49. The number of hydrogen-bond acceptors (Lipinski definition) is 3. The number of anilines is 1. The number of ether oxygens (including phenoxy) is 2. The van der Waals surface area contributed by atoms with E-state index in [1.807, 2.05) is 49.4 Å². The molecule has 0 bridgehead atoms. The normalized spacial score (nSPS) is 10.0. The quantitative estimate of drug-likeness (QED) is 0.917. The molecular formula is C17H19NO3. The summed E-state index contributed by atoms with van der Waals surface area (Å²) in [6, 6.07) is 13.2. The van der Waals surface area contributed by atoms with Crippen LogP contribution in [0.15, 0.2) is 42.5 Å². The smallest absolute Gasteiger partial charge is 0.228 e. The van der Waals surface area contributed by atoms with Crippen LogP contribution in [0.1, 0.15) is 11.1 Å². The SMILES string of the molecule is COc1cccc(CC(=O)Nc2cc(C)ccc2OC)c1. The standard InChI is InChI=1S/C17H19NO3/c1-12-7-8-16(21-3)15(9-12)18-17(19)11-13-5-4-6-14(10-13)20-2/h4-10H,11H2,1-3H3,(H,18,19). The summed E-state index contributed by atoms with van der Waals surface area (Å²) < 4.78 is 10.4. The Morgan fingerprint density at radius 1 is 1.10 bits per heavy atom. The fraction of sp³-hybridized carbons (Fsp3) is 0.235. The van der Waals surface area contributed by atoms with E-state index in [4.69, 9.17) is 9.47 Å². The Balaban J connectivity index is 2.09. The first-order chi connectivity index (χ1) is 10.1. The molecule has 2 rings (SSSR count). The summed E-state index contributed by atoms with van der Waals surface area (Å²) in [5.41, 5.74) is 2.65. The molecule has 0 radical (unpaired) electrons. The molecule has 1 N–H and O–H groups in total. The van der Waals surface area contributed by atoms with Gasteiger partial charge in [0.05, 0.1) is 26.3 Å². The van der Waals surface area contributed by atoms with Gasteiger partial charge in [-0.25, -0.2) is 0 Å². The lowest BCUT2D eigenvalue weighted by molar-refractivity contribution is -0.115. The van der Waals surface area contributed by atoms with Crippen molar-refractivity contribution in [1.82, 2.24) is 0 Å². The lowest BCUT2D eigenvalue weighted by Gasteiger charge is -2.11. The van der Waals surface area contributed by atoms with Crippen molar-refractivity contribution in [3.63, 3.8) is 0 Å². The molecule has 21 heavy (non-hydrogen) atoms. The molecule has 0 saturated heterocycles.